The van der Waals surface area contributed by atoms with Crippen molar-refractivity contribution in [2.24, 2.45) is 0 Å². The first kappa shape index (κ1) is 17.2. The van der Waals surface area contributed by atoms with E-state index in [4.69, 9.17) is 10.00 Å². The number of hydrogen-bond donors (Lipinski definition) is 0. The summed E-state index contributed by atoms with van der Waals surface area (Å²) in [5.74, 6) is 0.614. The average molecular weight is 342 g/mol. The van der Waals surface area contributed by atoms with Crippen LogP contribution in [-0.2, 0) is 6.54 Å². The Kier molecular flexibility index (Phi) is 5.31. The fraction of sp³-hybridized carbons (Fsp3) is 0.0909. The van der Waals surface area contributed by atoms with Crippen molar-refractivity contribution in [3.8, 4) is 11.8 Å². The molecule has 3 rings (SSSR count). The number of rotatable bonds is 5. The molecule has 0 radical (unpaired) electrons. The molecule has 0 saturated carbocycles. The highest BCUT2D eigenvalue weighted by molar-refractivity contribution is 6.06. The summed E-state index contributed by atoms with van der Waals surface area (Å²) in [6.07, 6.45) is 0. The van der Waals surface area contributed by atoms with Gasteiger partial charge in [-0.1, -0.05) is 30.3 Å². The van der Waals surface area contributed by atoms with Crippen LogP contribution in [0.4, 0.5) is 5.69 Å². The summed E-state index contributed by atoms with van der Waals surface area (Å²) in [4.78, 5) is 14.8. The van der Waals surface area contributed by atoms with Crippen molar-refractivity contribution < 1.29 is 9.53 Å². The van der Waals surface area contributed by atoms with E-state index in [-0.39, 0.29) is 5.91 Å². The summed E-state index contributed by atoms with van der Waals surface area (Å²) < 4.78 is 5.20. The molecule has 1 amide bonds. The van der Waals surface area contributed by atoms with Crippen LogP contribution in [0.5, 0.6) is 5.75 Å². The number of carbonyl (C=O) groups is 1. The lowest BCUT2D eigenvalue weighted by Crippen LogP contribution is -2.30. The maximum atomic E-state index is 13.1. The Labute approximate surface area is 152 Å². The molecule has 4 nitrogen and oxygen atoms in total. The van der Waals surface area contributed by atoms with Crippen LogP contribution in [0.1, 0.15) is 21.5 Å². The Morgan fingerprint density at radius 1 is 0.962 bits per heavy atom. The van der Waals surface area contributed by atoms with Crippen molar-refractivity contribution in [3.05, 3.63) is 95.6 Å². The molecule has 128 valence electrons. The molecule has 0 aliphatic rings. The minimum atomic E-state index is -0.122. The van der Waals surface area contributed by atoms with Crippen molar-refractivity contribution >= 4 is 11.6 Å². The third-order valence-corrected chi connectivity index (χ3v) is 4.07. The molecule has 0 aliphatic carbocycles. The van der Waals surface area contributed by atoms with E-state index in [0.29, 0.717) is 17.7 Å². The minimum absolute atomic E-state index is 0.122. The van der Waals surface area contributed by atoms with Crippen LogP contribution in [0.3, 0.4) is 0 Å². The monoisotopic (exact) mass is 342 g/mol. The zero-order valence-electron chi connectivity index (χ0n) is 14.4. The molecule has 0 atom stereocenters. The van der Waals surface area contributed by atoms with Crippen LogP contribution >= 0.6 is 0 Å². The van der Waals surface area contributed by atoms with E-state index in [1.807, 2.05) is 54.6 Å². The van der Waals surface area contributed by atoms with Gasteiger partial charge >= 0.3 is 0 Å². The predicted octanol–water partition coefficient (Wildman–Crippen LogP) is 4.41. The summed E-state index contributed by atoms with van der Waals surface area (Å²) >= 11 is 0. The first-order valence-corrected chi connectivity index (χ1v) is 8.21. The van der Waals surface area contributed by atoms with Gasteiger partial charge in [-0.05, 0) is 54.1 Å². The number of anilines is 1. The first-order valence-electron chi connectivity index (χ1n) is 8.21. The highest BCUT2D eigenvalue weighted by Gasteiger charge is 2.18. The number of hydrogen-bond acceptors (Lipinski definition) is 3. The molecule has 4 heteroatoms. The minimum Gasteiger partial charge on any atom is -0.497 e. The number of methoxy groups -OCH3 is 1. The Hall–Kier alpha value is -3.58. The largest absolute Gasteiger partial charge is 0.497 e. The van der Waals surface area contributed by atoms with Gasteiger partial charge in [0.2, 0.25) is 0 Å². The lowest BCUT2D eigenvalue weighted by Gasteiger charge is -2.23. The molecule has 0 heterocycles. The maximum Gasteiger partial charge on any atom is 0.258 e. The highest BCUT2D eigenvalue weighted by atomic mass is 16.5. The topological polar surface area (TPSA) is 53.3 Å². The average Bonchev–Trinajstić information content (AvgIpc) is 2.72. The maximum absolute atomic E-state index is 13.1. The molecule has 0 spiro atoms. The first-order chi connectivity index (χ1) is 12.7. The summed E-state index contributed by atoms with van der Waals surface area (Å²) in [6, 6.07) is 26.0. The van der Waals surface area contributed by atoms with Crippen LogP contribution in [0.25, 0.3) is 0 Å². The quantitative estimate of drug-likeness (QED) is 0.690. The molecule has 0 aromatic heterocycles. The van der Waals surface area contributed by atoms with E-state index in [0.717, 1.165) is 17.0 Å². The Morgan fingerprint density at radius 2 is 1.62 bits per heavy atom. The van der Waals surface area contributed by atoms with E-state index in [1.54, 1.807) is 36.3 Å². The molecular formula is C22H18N2O2. The Bertz CT molecular complexity index is 911. The van der Waals surface area contributed by atoms with Gasteiger partial charge in [0, 0.05) is 11.3 Å². The fourth-order valence-electron chi connectivity index (χ4n) is 2.65. The standard InChI is InChI=1S/C22H18N2O2/c1-26-21-13-11-20(12-14-21)24(16-18-5-3-2-4-6-18)22(25)19-9-7-17(15-23)8-10-19/h2-14H,16H2,1H3. The van der Waals surface area contributed by atoms with E-state index >= 15 is 0 Å². The second-order valence-corrected chi connectivity index (χ2v) is 5.76. The molecule has 0 unspecified atom stereocenters. The van der Waals surface area contributed by atoms with Crippen molar-refractivity contribution in [1.29, 1.82) is 5.26 Å². The van der Waals surface area contributed by atoms with Gasteiger partial charge in [-0.25, -0.2) is 0 Å². The van der Waals surface area contributed by atoms with Gasteiger partial charge in [0.1, 0.15) is 5.75 Å². The second kappa shape index (κ2) is 8.00. The van der Waals surface area contributed by atoms with Crippen LogP contribution in [-0.4, -0.2) is 13.0 Å². The number of nitriles is 1. The van der Waals surface area contributed by atoms with Crippen molar-refractivity contribution in [2.75, 3.05) is 12.0 Å². The number of amides is 1. The van der Waals surface area contributed by atoms with Crippen LogP contribution in [0.15, 0.2) is 78.9 Å². The summed E-state index contributed by atoms with van der Waals surface area (Å²) in [6.45, 7) is 0.450. The number of benzene rings is 3. The molecule has 26 heavy (non-hydrogen) atoms. The van der Waals surface area contributed by atoms with Crippen molar-refractivity contribution in [3.63, 3.8) is 0 Å². The normalized spacial score (nSPS) is 10.0. The van der Waals surface area contributed by atoms with Gasteiger partial charge in [0.05, 0.1) is 25.3 Å². The molecule has 3 aromatic carbocycles. The summed E-state index contributed by atoms with van der Waals surface area (Å²) in [5.41, 5.74) is 2.88. The summed E-state index contributed by atoms with van der Waals surface area (Å²) in [7, 11) is 1.61. The van der Waals surface area contributed by atoms with Gasteiger partial charge in [-0.2, -0.15) is 5.26 Å². The van der Waals surface area contributed by atoms with E-state index in [9.17, 15) is 4.79 Å². The fourth-order valence-corrected chi connectivity index (χ4v) is 2.65. The lowest BCUT2D eigenvalue weighted by molar-refractivity contribution is 0.0985. The third-order valence-electron chi connectivity index (χ3n) is 4.07. The lowest BCUT2D eigenvalue weighted by atomic mass is 10.1. The molecule has 0 aliphatic heterocycles. The molecule has 3 aromatic rings. The van der Waals surface area contributed by atoms with Crippen molar-refractivity contribution in [2.45, 2.75) is 6.54 Å². The molecule has 0 fully saturated rings. The van der Waals surface area contributed by atoms with E-state index in [2.05, 4.69) is 6.07 Å². The highest BCUT2D eigenvalue weighted by Crippen LogP contribution is 2.23. The predicted molar refractivity (Wildman–Crippen MR) is 101 cm³/mol. The molecule has 0 bridgehead atoms. The van der Waals surface area contributed by atoms with Gasteiger partial charge < -0.3 is 9.64 Å². The Morgan fingerprint density at radius 3 is 2.19 bits per heavy atom. The zero-order valence-corrected chi connectivity index (χ0v) is 14.4. The zero-order chi connectivity index (χ0) is 18.4. The van der Waals surface area contributed by atoms with E-state index < -0.39 is 0 Å². The second-order valence-electron chi connectivity index (χ2n) is 5.76. The third kappa shape index (κ3) is 3.90. The van der Waals surface area contributed by atoms with Crippen molar-refractivity contribution in [1.82, 2.24) is 0 Å². The number of carbonyl (C=O) groups excluding carboxylic acids is 1. The van der Waals surface area contributed by atoms with E-state index in [1.165, 1.54) is 0 Å². The molecule has 0 N–H and O–H groups in total. The number of ether oxygens (including phenoxy) is 1. The van der Waals surface area contributed by atoms with Gasteiger partial charge in [-0.3, -0.25) is 4.79 Å². The Balaban J connectivity index is 1.95. The van der Waals surface area contributed by atoms with Gasteiger partial charge in [-0.15, -0.1) is 0 Å². The number of nitrogens with zero attached hydrogens (tertiary/aromatic N) is 2. The molecular weight excluding hydrogens is 324 g/mol. The van der Waals surface area contributed by atoms with Crippen LogP contribution < -0.4 is 9.64 Å². The summed E-state index contributed by atoms with van der Waals surface area (Å²) in [5, 5.41) is 8.94. The SMILES string of the molecule is COc1ccc(N(Cc2ccccc2)C(=O)c2ccc(C#N)cc2)cc1. The van der Waals surface area contributed by atoms with Crippen LogP contribution in [0.2, 0.25) is 0 Å². The van der Waals surface area contributed by atoms with Gasteiger partial charge in [0.25, 0.3) is 5.91 Å². The molecule has 0 saturated heterocycles. The smallest absolute Gasteiger partial charge is 0.258 e. The van der Waals surface area contributed by atoms with Gasteiger partial charge in [0.15, 0.2) is 0 Å². The van der Waals surface area contributed by atoms with Crippen LogP contribution in [0, 0.1) is 11.3 Å².